The molecule has 2 saturated heterocycles. The van der Waals surface area contributed by atoms with Crippen molar-refractivity contribution in [2.45, 2.75) is 89.5 Å². The maximum Gasteiger partial charge on any atom is 0.331 e. The van der Waals surface area contributed by atoms with Gasteiger partial charge < -0.3 is 28.8 Å². The van der Waals surface area contributed by atoms with Gasteiger partial charge in [-0.1, -0.05) is 42.4 Å². The highest BCUT2D eigenvalue weighted by Gasteiger charge is 2.83. The van der Waals surface area contributed by atoms with E-state index in [1.54, 1.807) is 25.2 Å². The molecule has 5 aliphatic rings. The Hall–Kier alpha value is -2.26. The lowest BCUT2D eigenvalue weighted by Crippen LogP contribution is -2.66. The average molecular weight is 515 g/mol. The Morgan fingerprint density at radius 3 is 2.57 bits per heavy atom. The molecule has 8 atom stereocenters. The van der Waals surface area contributed by atoms with Crippen LogP contribution in [-0.4, -0.2) is 73.0 Å². The fraction of sp³-hybridized carbons (Fsp3) is 0.655. The molecule has 5 rings (SSSR count). The molecule has 1 N–H and O–H groups in total. The van der Waals surface area contributed by atoms with E-state index in [1.807, 2.05) is 6.92 Å². The number of cyclic esters (lactones) is 1. The highest BCUT2D eigenvalue weighted by Crippen LogP contribution is 2.72. The molecule has 2 unspecified atom stereocenters. The number of rotatable bonds is 0. The first kappa shape index (κ1) is 26.4. The van der Waals surface area contributed by atoms with Crippen LogP contribution in [0.4, 0.5) is 0 Å². The van der Waals surface area contributed by atoms with Gasteiger partial charge in [0.1, 0.15) is 18.3 Å². The number of aliphatic hydroxyl groups excluding tert-OH is 1. The van der Waals surface area contributed by atoms with Crippen LogP contribution in [0.25, 0.3) is 0 Å². The van der Waals surface area contributed by atoms with Gasteiger partial charge in [0.25, 0.3) is 0 Å². The van der Waals surface area contributed by atoms with E-state index in [0.717, 1.165) is 18.4 Å². The minimum Gasteiger partial charge on any atom is -0.462 e. The SMILES string of the molecule is CC1=CC(=O)OCC23CCC(C)=CC2O[C@@H]2C[C@@H](OC(=O)C=CC=C[C@H](O)[C@H](C)OCC1)[C@@]3(C)[C@]21CO1. The van der Waals surface area contributed by atoms with Gasteiger partial charge in [-0.2, -0.15) is 0 Å². The van der Waals surface area contributed by atoms with Crippen molar-refractivity contribution in [1.29, 1.82) is 0 Å². The molecule has 2 aliphatic carbocycles. The topological polar surface area (TPSA) is 104 Å². The summed E-state index contributed by atoms with van der Waals surface area (Å²) in [5.41, 5.74) is 0.297. The predicted molar refractivity (Wildman–Crippen MR) is 134 cm³/mol. The largest absolute Gasteiger partial charge is 0.462 e. The Labute approximate surface area is 218 Å². The smallest absolute Gasteiger partial charge is 0.331 e. The minimum atomic E-state index is -0.839. The van der Waals surface area contributed by atoms with Crippen LogP contribution >= 0.6 is 0 Å². The number of esters is 2. The number of carbonyl (C=O) groups excluding carboxylic acids is 2. The molecule has 0 aromatic carbocycles. The lowest BCUT2D eigenvalue weighted by molar-refractivity contribution is -0.232. The van der Waals surface area contributed by atoms with Crippen molar-refractivity contribution >= 4 is 11.9 Å². The van der Waals surface area contributed by atoms with Gasteiger partial charge >= 0.3 is 11.9 Å². The van der Waals surface area contributed by atoms with E-state index < -0.39 is 46.7 Å². The number of aliphatic hydroxyl groups is 1. The fourth-order valence-corrected chi connectivity index (χ4v) is 6.80. The van der Waals surface area contributed by atoms with Crippen LogP contribution in [0.5, 0.6) is 0 Å². The summed E-state index contributed by atoms with van der Waals surface area (Å²) in [5, 5.41) is 10.3. The molecule has 1 saturated carbocycles. The van der Waals surface area contributed by atoms with Gasteiger partial charge in [-0.05, 0) is 40.0 Å². The first-order chi connectivity index (χ1) is 17.6. The van der Waals surface area contributed by atoms with Crippen LogP contribution in [0.15, 0.2) is 47.6 Å². The Kier molecular flexibility index (Phi) is 6.98. The molecule has 0 aromatic rings. The summed E-state index contributed by atoms with van der Waals surface area (Å²) in [6.07, 6.45) is 10.2. The molecule has 3 heterocycles. The zero-order valence-electron chi connectivity index (χ0n) is 22.1. The van der Waals surface area contributed by atoms with Crippen molar-refractivity contribution < 1.29 is 38.4 Å². The van der Waals surface area contributed by atoms with Gasteiger partial charge in [0.2, 0.25) is 0 Å². The number of carbonyl (C=O) groups is 2. The Morgan fingerprint density at radius 2 is 1.81 bits per heavy atom. The Balaban J connectivity index is 1.50. The molecule has 8 nitrogen and oxygen atoms in total. The van der Waals surface area contributed by atoms with Crippen molar-refractivity contribution in [3.8, 4) is 0 Å². The molecule has 0 amide bonds. The summed E-state index contributed by atoms with van der Waals surface area (Å²) in [6.45, 7) is 8.88. The molecule has 2 bridgehead atoms. The standard InChI is InChI=1S/C29H38O8/c1-18-9-11-28-16-34-26(32)14-19(2)10-12-33-20(3)21(30)7-5-6-8-25(31)37-22-15-24(36-23(28)13-18)29(17-35-29)27(22,28)4/h5-8,13-14,20-24,30H,9-12,15-17H2,1-4H3/t20-,21-,22+,23?,24+,27+,28?,29-/m0/s1. The van der Waals surface area contributed by atoms with Gasteiger partial charge in [0.05, 0.1) is 43.0 Å². The third-order valence-corrected chi connectivity index (χ3v) is 9.32. The monoisotopic (exact) mass is 514 g/mol. The lowest BCUT2D eigenvalue weighted by Gasteiger charge is -2.58. The summed E-state index contributed by atoms with van der Waals surface area (Å²) in [4.78, 5) is 25.8. The summed E-state index contributed by atoms with van der Waals surface area (Å²) in [7, 11) is 0. The van der Waals surface area contributed by atoms with E-state index in [1.165, 1.54) is 17.7 Å². The van der Waals surface area contributed by atoms with Gasteiger partial charge in [0, 0.05) is 24.0 Å². The van der Waals surface area contributed by atoms with Crippen LogP contribution in [0, 0.1) is 10.8 Å². The molecule has 0 radical (unpaired) electrons. The second-order valence-electron chi connectivity index (χ2n) is 11.4. The lowest BCUT2D eigenvalue weighted by atomic mass is 9.51. The van der Waals surface area contributed by atoms with E-state index >= 15 is 0 Å². The zero-order valence-corrected chi connectivity index (χ0v) is 22.1. The van der Waals surface area contributed by atoms with Gasteiger partial charge in [-0.3, -0.25) is 0 Å². The van der Waals surface area contributed by atoms with Crippen molar-refractivity contribution in [2.24, 2.45) is 10.8 Å². The van der Waals surface area contributed by atoms with E-state index in [2.05, 4.69) is 19.9 Å². The van der Waals surface area contributed by atoms with Crippen LogP contribution in [0.1, 0.15) is 53.4 Å². The molecule has 202 valence electrons. The van der Waals surface area contributed by atoms with E-state index in [0.29, 0.717) is 26.1 Å². The quantitative estimate of drug-likeness (QED) is 0.298. The molecule has 3 fully saturated rings. The van der Waals surface area contributed by atoms with Crippen molar-refractivity contribution in [3.63, 3.8) is 0 Å². The van der Waals surface area contributed by atoms with E-state index in [9.17, 15) is 14.7 Å². The fourth-order valence-electron chi connectivity index (χ4n) is 6.80. The Morgan fingerprint density at radius 1 is 1.03 bits per heavy atom. The normalized spacial score (nSPS) is 44.5. The van der Waals surface area contributed by atoms with Gasteiger partial charge in [-0.25, -0.2) is 9.59 Å². The summed E-state index contributed by atoms with van der Waals surface area (Å²) >= 11 is 0. The van der Waals surface area contributed by atoms with Crippen LogP contribution in [0.2, 0.25) is 0 Å². The molecule has 37 heavy (non-hydrogen) atoms. The minimum absolute atomic E-state index is 0.144. The zero-order chi connectivity index (χ0) is 26.4. The second kappa shape index (κ2) is 9.80. The van der Waals surface area contributed by atoms with Crippen LogP contribution in [0.3, 0.4) is 0 Å². The first-order valence-corrected chi connectivity index (χ1v) is 13.3. The van der Waals surface area contributed by atoms with E-state index in [4.69, 9.17) is 23.7 Å². The summed E-state index contributed by atoms with van der Waals surface area (Å²) in [6, 6.07) is 0. The predicted octanol–water partition coefficient (Wildman–Crippen LogP) is 3.34. The molecule has 2 spiro atoms. The van der Waals surface area contributed by atoms with Gasteiger partial charge in [-0.15, -0.1) is 0 Å². The number of epoxide rings is 1. The van der Waals surface area contributed by atoms with Gasteiger partial charge in [0.15, 0.2) is 0 Å². The maximum atomic E-state index is 12.9. The molecular formula is C29H38O8. The first-order valence-electron chi connectivity index (χ1n) is 13.3. The molecule has 0 aromatic heterocycles. The van der Waals surface area contributed by atoms with Crippen molar-refractivity contribution in [3.05, 3.63) is 47.6 Å². The third-order valence-electron chi connectivity index (χ3n) is 9.32. The van der Waals surface area contributed by atoms with Crippen molar-refractivity contribution in [2.75, 3.05) is 19.8 Å². The third kappa shape index (κ3) is 4.42. The molecular weight excluding hydrogens is 476 g/mol. The van der Waals surface area contributed by atoms with Crippen LogP contribution in [-0.2, 0) is 33.3 Å². The summed E-state index contributed by atoms with van der Waals surface area (Å²) < 4.78 is 30.5. The summed E-state index contributed by atoms with van der Waals surface area (Å²) in [5.74, 6) is -0.891. The molecule has 3 aliphatic heterocycles. The Bertz CT molecular complexity index is 1050. The average Bonchev–Trinajstić information content (AvgIpc) is 3.63. The van der Waals surface area contributed by atoms with E-state index in [-0.39, 0.29) is 18.8 Å². The maximum absolute atomic E-state index is 12.9. The molecule has 8 heteroatoms. The second-order valence-corrected chi connectivity index (χ2v) is 11.4. The highest BCUT2D eigenvalue weighted by molar-refractivity contribution is 5.83. The number of ether oxygens (including phenoxy) is 5. The van der Waals surface area contributed by atoms with Crippen molar-refractivity contribution in [1.82, 2.24) is 0 Å². The number of hydrogen-bond donors (Lipinski definition) is 1. The van der Waals surface area contributed by atoms with Crippen LogP contribution < -0.4 is 0 Å². The number of hydrogen-bond acceptors (Lipinski definition) is 8. The number of allylic oxidation sites excluding steroid dienone is 3. The highest BCUT2D eigenvalue weighted by atomic mass is 16.6.